The van der Waals surface area contributed by atoms with E-state index in [0.29, 0.717) is 5.02 Å². The molecule has 0 bridgehead atoms. The Bertz CT molecular complexity index is 1060. The van der Waals surface area contributed by atoms with Crippen molar-refractivity contribution in [1.82, 2.24) is 10.2 Å². The minimum absolute atomic E-state index is 0.0254. The number of amides is 2. The quantitative estimate of drug-likeness (QED) is 0.562. The summed E-state index contributed by atoms with van der Waals surface area (Å²) in [5, 5.41) is 3.04. The molecule has 0 radical (unpaired) electrons. The van der Waals surface area contributed by atoms with Gasteiger partial charge in [-0.25, -0.2) is 12.8 Å². The summed E-state index contributed by atoms with van der Waals surface area (Å²) in [5.74, 6) is -1.33. The summed E-state index contributed by atoms with van der Waals surface area (Å²) in [5.41, 5.74) is 0.683. The van der Waals surface area contributed by atoms with E-state index < -0.39 is 21.9 Å². The summed E-state index contributed by atoms with van der Waals surface area (Å²) in [7, 11) is -2.27. The highest BCUT2D eigenvalue weighted by molar-refractivity contribution is 7.92. The Morgan fingerprint density at radius 3 is 2.44 bits per heavy atom. The Morgan fingerprint density at radius 1 is 1.16 bits per heavy atom. The van der Waals surface area contributed by atoms with Crippen molar-refractivity contribution in [2.45, 2.75) is 32.4 Å². The minimum atomic E-state index is -3.76. The first-order chi connectivity index (χ1) is 15.0. The Kier molecular flexibility index (Phi) is 9.03. The zero-order valence-electron chi connectivity index (χ0n) is 18.2. The maximum Gasteiger partial charge on any atom is 0.242 e. The third-order valence-corrected chi connectivity index (χ3v) is 6.34. The largest absolute Gasteiger partial charge is 0.357 e. The summed E-state index contributed by atoms with van der Waals surface area (Å²) in [6.07, 6.45) is 1.11. The number of para-hydroxylation sites is 1. The molecule has 10 heteroatoms. The highest BCUT2D eigenvalue weighted by Crippen LogP contribution is 2.22. The van der Waals surface area contributed by atoms with Gasteiger partial charge in [-0.2, -0.15) is 0 Å². The van der Waals surface area contributed by atoms with Crippen molar-refractivity contribution in [3.63, 3.8) is 0 Å². The second kappa shape index (κ2) is 11.3. The number of hydrogen-bond donors (Lipinski definition) is 1. The maximum atomic E-state index is 14.2. The van der Waals surface area contributed by atoms with Gasteiger partial charge in [-0.1, -0.05) is 35.9 Å². The number of nitrogens with zero attached hydrogens (tertiary/aromatic N) is 2. The molecule has 0 aliphatic carbocycles. The van der Waals surface area contributed by atoms with Crippen molar-refractivity contribution in [3.8, 4) is 0 Å². The number of likely N-dealkylation sites (N-methyl/N-ethyl adjacent to an activating group) is 1. The fourth-order valence-electron chi connectivity index (χ4n) is 3.26. The molecular weight excluding hydrogens is 457 g/mol. The number of rotatable bonds is 10. The molecule has 0 aromatic heterocycles. The smallest absolute Gasteiger partial charge is 0.242 e. The van der Waals surface area contributed by atoms with Crippen LogP contribution in [-0.4, -0.2) is 51.0 Å². The highest BCUT2D eigenvalue weighted by atomic mass is 35.5. The number of anilines is 1. The molecule has 1 unspecified atom stereocenters. The van der Waals surface area contributed by atoms with Crippen molar-refractivity contribution < 1.29 is 22.4 Å². The second-order valence-corrected chi connectivity index (χ2v) is 9.68. The molecule has 7 nitrogen and oxygen atoms in total. The monoisotopic (exact) mass is 483 g/mol. The van der Waals surface area contributed by atoms with E-state index in [4.69, 9.17) is 11.6 Å². The number of carbonyl (C=O) groups excluding carboxylic acids is 2. The summed E-state index contributed by atoms with van der Waals surface area (Å²) >= 11 is 6.03. The number of sulfonamides is 1. The zero-order chi connectivity index (χ0) is 23.9. The molecule has 2 rings (SSSR count). The van der Waals surface area contributed by atoms with E-state index in [1.165, 1.54) is 30.1 Å². The van der Waals surface area contributed by atoms with E-state index in [-0.39, 0.29) is 43.4 Å². The molecule has 2 aromatic rings. The van der Waals surface area contributed by atoms with Gasteiger partial charge in [0.2, 0.25) is 21.8 Å². The van der Waals surface area contributed by atoms with Crippen molar-refractivity contribution in [3.05, 3.63) is 64.9 Å². The van der Waals surface area contributed by atoms with Gasteiger partial charge in [-0.05, 0) is 43.2 Å². The fourth-order valence-corrected chi connectivity index (χ4v) is 4.44. The van der Waals surface area contributed by atoms with E-state index in [9.17, 15) is 22.4 Å². The van der Waals surface area contributed by atoms with Crippen LogP contribution in [0.15, 0.2) is 48.5 Å². The van der Waals surface area contributed by atoms with Crippen molar-refractivity contribution in [2.24, 2.45) is 0 Å². The molecule has 2 aromatic carbocycles. The van der Waals surface area contributed by atoms with Crippen LogP contribution in [0.5, 0.6) is 0 Å². The molecule has 0 heterocycles. The molecule has 0 aliphatic rings. The van der Waals surface area contributed by atoms with Gasteiger partial charge in [-0.15, -0.1) is 0 Å². The molecule has 174 valence electrons. The molecular formula is C22H27ClFN3O4S. The van der Waals surface area contributed by atoms with Crippen LogP contribution in [0, 0.1) is 5.82 Å². The van der Waals surface area contributed by atoms with Crippen LogP contribution in [0.1, 0.15) is 25.3 Å². The first-order valence-corrected chi connectivity index (χ1v) is 12.2. The Balaban J connectivity index is 2.15. The molecule has 0 spiro atoms. The Morgan fingerprint density at radius 2 is 1.84 bits per heavy atom. The lowest BCUT2D eigenvalue weighted by molar-refractivity contribution is -0.140. The number of carbonyl (C=O) groups is 2. The Labute approximate surface area is 193 Å². The average Bonchev–Trinajstić information content (AvgIpc) is 2.74. The van der Waals surface area contributed by atoms with Crippen LogP contribution in [0.25, 0.3) is 0 Å². The van der Waals surface area contributed by atoms with Crippen LogP contribution in [-0.2, 0) is 26.2 Å². The van der Waals surface area contributed by atoms with Gasteiger partial charge in [0.15, 0.2) is 0 Å². The van der Waals surface area contributed by atoms with E-state index in [2.05, 4.69) is 5.32 Å². The van der Waals surface area contributed by atoms with Gasteiger partial charge in [0.25, 0.3) is 0 Å². The third kappa shape index (κ3) is 6.93. The van der Waals surface area contributed by atoms with Gasteiger partial charge >= 0.3 is 0 Å². The number of nitrogens with one attached hydrogen (secondary N) is 1. The van der Waals surface area contributed by atoms with Crippen LogP contribution in [0.3, 0.4) is 0 Å². The van der Waals surface area contributed by atoms with Crippen LogP contribution >= 0.6 is 11.6 Å². The average molecular weight is 484 g/mol. The predicted octanol–water partition coefficient (Wildman–Crippen LogP) is 3.19. The highest BCUT2D eigenvalue weighted by Gasteiger charge is 2.26. The van der Waals surface area contributed by atoms with E-state index in [1.54, 1.807) is 37.3 Å². The number of halogens is 2. The molecule has 2 amide bonds. The molecule has 32 heavy (non-hydrogen) atoms. The van der Waals surface area contributed by atoms with Gasteiger partial charge < -0.3 is 10.2 Å². The van der Waals surface area contributed by atoms with Crippen molar-refractivity contribution >= 4 is 39.1 Å². The van der Waals surface area contributed by atoms with E-state index in [0.717, 1.165) is 16.1 Å². The number of hydrogen-bond acceptors (Lipinski definition) is 4. The molecule has 1 atom stereocenters. The molecule has 0 saturated carbocycles. The summed E-state index contributed by atoms with van der Waals surface area (Å²) in [6, 6.07) is 11.8. The fraction of sp³-hybridized carbons (Fsp3) is 0.364. The predicted molar refractivity (Wildman–Crippen MR) is 123 cm³/mol. The van der Waals surface area contributed by atoms with Crippen LogP contribution < -0.4 is 9.62 Å². The third-order valence-electron chi connectivity index (χ3n) is 4.93. The lowest BCUT2D eigenvalue weighted by Crippen LogP contribution is -2.46. The molecule has 0 fully saturated rings. The van der Waals surface area contributed by atoms with Gasteiger partial charge in [0.05, 0.1) is 11.9 Å². The molecule has 0 saturated heterocycles. The van der Waals surface area contributed by atoms with Gasteiger partial charge in [0.1, 0.15) is 11.9 Å². The SMILES string of the molecule is CNC(=O)C(C)N(Cc1cccc(Cl)c1)C(=O)CCCN(c1ccccc1F)S(C)(=O)=O. The first kappa shape index (κ1) is 25.6. The van der Waals surface area contributed by atoms with Crippen molar-refractivity contribution in [1.29, 1.82) is 0 Å². The Hall–Kier alpha value is -2.65. The summed E-state index contributed by atoms with van der Waals surface area (Å²) in [4.78, 5) is 26.6. The molecule has 0 aliphatic heterocycles. The standard InChI is InChI=1S/C22H27ClFN3O4S/c1-16(22(29)25-2)26(15-17-8-6-9-18(23)14-17)21(28)12-7-13-27(32(3,30)31)20-11-5-4-10-19(20)24/h4-6,8-11,14,16H,7,12-13,15H2,1-3H3,(H,25,29). The lowest BCUT2D eigenvalue weighted by atomic mass is 10.1. The lowest BCUT2D eigenvalue weighted by Gasteiger charge is -2.29. The normalized spacial score (nSPS) is 12.2. The first-order valence-electron chi connectivity index (χ1n) is 10.0. The zero-order valence-corrected chi connectivity index (χ0v) is 19.8. The van der Waals surface area contributed by atoms with Crippen molar-refractivity contribution in [2.75, 3.05) is 24.2 Å². The molecule has 1 N–H and O–H groups in total. The summed E-state index contributed by atoms with van der Waals surface area (Å²) < 4.78 is 39.5. The van der Waals surface area contributed by atoms with Crippen LogP contribution in [0.2, 0.25) is 5.02 Å². The van der Waals surface area contributed by atoms with Gasteiger partial charge in [-0.3, -0.25) is 13.9 Å². The van der Waals surface area contributed by atoms with E-state index in [1.807, 2.05) is 0 Å². The topological polar surface area (TPSA) is 86.8 Å². The van der Waals surface area contributed by atoms with Gasteiger partial charge in [0, 0.05) is 31.6 Å². The summed E-state index contributed by atoms with van der Waals surface area (Å²) in [6.45, 7) is 1.70. The van der Waals surface area contributed by atoms with E-state index >= 15 is 0 Å². The second-order valence-electron chi connectivity index (χ2n) is 7.33. The maximum absolute atomic E-state index is 14.2. The van der Waals surface area contributed by atoms with Crippen LogP contribution in [0.4, 0.5) is 10.1 Å². The number of benzene rings is 2. The minimum Gasteiger partial charge on any atom is -0.357 e.